The average Bonchev–Trinajstić information content (AvgIpc) is 2.32. The van der Waals surface area contributed by atoms with Crippen molar-refractivity contribution in [2.75, 3.05) is 5.32 Å². The van der Waals surface area contributed by atoms with Crippen molar-refractivity contribution in [3.05, 3.63) is 63.6 Å². The van der Waals surface area contributed by atoms with Gasteiger partial charge in [-0.05, 0) is 53.5 Å². The summed E-state index contributed by atoms with van der Waals surface area (Å²) in [7, 11) is 0. The molecule has 4 heteroatoms. The van der Waals surface area contributed by atoms with Crippen molar-refractivity contribution < 1.29 is 8.78 Å². The van der Waals surface area contributed by atoms with Crippen LogP contribution >= 0.6 is 15.9 Å². The van der Waals surface area contributed by atoms with Crippen LogP contribution in [-0.4, -0.2) is 0 Å². The average molecular weight is 326 g/mol. The molecule has 2 rings (SSSR count). The molecule has 0 aliphatic carbocycles. The van der Waals surface area contributed by atoms with Gasteiger partial charge in [0.15, 0.2) is 0 Å². The van der Waals surface area contributed by atoms with Crippen LogP contribution in [0.15, 0.2) is 40.9 Å². The van der Waals surface area contributed by atoms with Crippen molar-refractivity contribution in [2.45, 2.75) is 19.9 Å². The van der Waals surface area contributed by atoms with Gasteiger partial charge in [0.25, 0.3) is 0 Å². The van der Waals surface area contributed by atoms with Gasteiger partial charge in [-0.1, -0.05) is 12.1 Å². The van der Waals surface area contributed by atoms with Gasteiger partial charge < -0.3 is 5.32 Å². The standard InChI is InChI=1S/C15H14BrF2N/c1-9-3-6-15(13(16)7-9)19-10(2)12-5-4-11(17)8-14(12)18/h3-8,10,19H,1-2H3. The molecule has 100 valence electrons. The molecule has 0 saturated heterocycles. The molecule has 0 heterocycles. The van der Waals surface area contributed by atoms with E-state index in [1.54, 1.807) is 0 Å². The third-order valence-corrected chi connectivity index (χ3v) is 3.58. The largest absolute Gasteiger partial charge is 0.377 e. The summed E-state index contributed by atoms with van der Waals surface area (Å²) >= 11 is 3.46. The molecule has 1 nitrogen and oxygen atoms in total. The van der Waals surface area contributed by atoms with Crippen LogP contribution in [0.1, 0.15) is 24.1 Å². The van der Waals surface area contributed by atoms with Crippen molar-refractivity contribution in [2.24, 2.45) is 0 Å². The number of aryl methyl sites for hydroxylation is 1. The highest BCUT2D eigenvalue weighted by Crippen LogP contribution is 2.28. The first-order chi connectivity index (χ1) is 8.97. The van der Waals surface area contributed by atoms with Gasteiger partial charge in [0.2, 0.25) is 0 Å². The summed E-state index contributed by atoms with van der Waals surface area (Å²) in [4.78, 5) is 0. The highest BCUT2D eigenvalue weighted by Gasteiger charge is 2.12. The van der Waals surface area contributed by atoms with E-state index in [-0.39, 0.29) is 6.04 Å². The maximum absolute atomic E-state index is 13.7. The molecule has 0 bridgehead atoms. The normalized spacial score (nSPS) is 12.3. The third kappa shape index (κ3) is 3.32. The first-order valence-electron chi connectivity index (χ1n) is 5.95. The predicted octanol–water partition coefficient (Wildman–Crippen LogP) is 5.21. The summed E-state index contributed by atoms with van der Waals surface area (Å²) in [6.07, 6.45) is 0. The van der Waals surface area contributed by atoms with Crippen molar-refractivity contribution >= 4 is 21.6 Å². The summed E-state index contributed by atoms with van der Waals surface area (Å²) in [5.74, 6) is -1.10. The second-order valence-corrected chi connectivity index (χ2v) is 5.37. The molecule has 0 saturated carbocycles. The van der Waals surface area contributed by atoms with E-state index in [1.807, 2.05) is 32.0 Å². The Morgan fingerprint density at radius 3 is 2.47 bits per heavy atom. The molecule has 0 radical (unpaired) electrons. The molecule has 1 atom stereocenters. The van der Waals surface area contributed by atoms with Gasteiger partial charge in [0.05, 0.1) is 6.04 Å². The minimum atomic E-state index is -0.565. The lowest BCUT2D eigenvalue weighted by Crippen LogP contribution is -2.09. The fourth-order valence-electron chi connectivity index (χ4n) is 1.90. The minimum Gasteiger partial charge on any atom is -0.377 e. The van der Waals surface area contributed by atoms with Gasteiger partial charge >= 0.3 is 0 Å². The Kier molecular flexibility index (Phi) is 4.20. The highest BCUT2D eigenvalue weighted by atomic mass is 79.9. The quantitative estimate of drug-likeness (QED) is 0.816. The Hall–Kier alpha value is -1.42. The van der Waals surface area contributed by atoms with Crippen LogP contribution in [0, 0.1) is 18.6 Å². The summed E-state index contributed by atoms with van der Waals surface area (Å²) in [5.41, 5.74) is 2.45. The number of benzene rings is 2. The second kappa shape index (κ2) is 5.70. The molecule has 0 aliphatic rings. The number of hydrogen-bond acceptors (Lipinski definition) is 1. The summed E-state index contributed by atoms with van der Waals surface area (Å²) in [6.45, 7) is 3.83. The van der Waals surface area contributed by atoms with E-state index in [4.69, 9.17) is 0 Å². The molecule has 0 spiro atoms. The van der Waals surface area contributed by atoms with Gasteiger partial charge in [-0.15, -0.1) is 0 Å². The molecular weight excluding hydrogens is 312 g/mol. The Morgan fingerprint density at radius 1 is 1.11 bits per heavy atom. The number of anilines is 1. The van der Waals surface area contributed by atoms with E-state index in [9.17, 15) is 8.78 Å². The first kappa shape index (κ1) is 14.0. The second-order valence-electron chi connectivity index (χ2n) is 4.52. The van der Waals surface area contributed by atoms with Crippen LogP contribution in [0.5, 0.6) is 0 Å². The monoisotopic (exact) mass is 325 g/mol. The SMILES string of the molecule is Cc1ccc(NC(C)c2ccc(F)cc2F)c(Br)c1. The number of rotatable bonds is 3. The van der Waals surface area contributed by atoms with E-state index >= 15 is 0 Å². The Balaban J connectivity index is 2.23. The summed E-state index contributed by atoms with van der Waals surface area (Å²) in [6, 6.07) is 9.26. The minimum absolute atomic E-state index is 0.250. The van der Waals surface area contributed by atoms with E-state index in [1.165, 1.54) is 12.1 Å². The molecule has 1 N–H and O–H groups in total. The number of hydrogen-bond donors (Lipinski definition) is 1. The van der Waals surface area contributed by atoms with Crippen LogP contribution in [0.3, 0.4) is 0 Å². The van der Waals surface area contributed by atoms with Crippen molar-refractivity contribution in [3.63, 3.8) is 0 Å². The van der Waals surface area contributed by atoms with Gasteiger partial charge in [-0.2, -0.15) is 0 Å². The van der Waals surface area contributed by atoms with E-state index in [0.717, 1.165) is 21.8 Å². The zero-order valence-electron chi connectivity index (χ0n) is 10.7. The first-order valence-corrected chi connectivity index (χ1v) is 6.74. The van der Waals surface area contributed by atoms with E-state index in [2.05, 4.69) is 21.2 Å². The van der Waals surface area contributed by atoms with Gasteiger partial charge in [-0.3, -0.25) is 0 Å². The lowest BCUT2D eigenvalue weighted by atomic mass is 10.1. The molecule has 0 aromatic heterocycles. The molecule has 2 aromatic carbocycles. The Bertz CT molecular complexity index is 599. The molecule has 0 aliphatic heterocycles. The molecule has 1 unspecified atom stereocenters. The maximum atomic E-state index is 13.7. The van der Waals surface area contributed by atoms with E-state index in [0.29, 0.717) is 5.56 Å². The Labute approximate surface area is 119 Å². The van der Waals surface area contributed by atoms with Crippen LogP contribution in [0.2, 0.25) is 0 Å². The maximum Gasteiger partial charge on any atom is 0.131 e. The molecular formula is C15H14BrF2N. The smallest absolute Gasteiger partial charge is 0.131 e. The third-order valence-electron chi connectivity index (χ3n) is 2.93. The fraction of sp³-hybridized carbons (Fsp3) is 0.200. The van der Waals surface area contributed by atoms with Crippen molar-refractivity contribution in [3.8, 4) is 0 Å². The molecule has 0 fully saturated rings. The molecule has 19 heavy (non-hydrogen) atoms. The predicted molar refractivity (Wildman–Crippen MR) is 77.3 cm³/mol. The van der Waals surface area contributed by atoms with Crippen LogP contribution in [0.25, 0.3) is 0 Å². The van der Waals surface area contributed by atoms with Crippen LogP contribution in [0.4, 0.5) is 14.5 Å². The summed E-state index contributed by atoms with van der Waals surface area (Å²) < 4.78 is 27.5. The summed E-state index contributed by atoms with van der Waals surface area (Å²) in [5, 5.41) is 3.20. The topological polar surface area (TPSA) is 12.0 Å². The van der Waals surface area contributed by atoms with Crippen LogP contribution < -0.4 is 5.32 Å². The zero-order valence-corrected chi connectivity index (χ0v) is 12.3. The van der Waals surface area contributed by atoms with Crippen LogP contribution in [-0.2, 0) is 0 Å². The van der Waals surface area contributed by atoms with Crippen molar-refractivity contribution in [1.82, 2.24) is 0 Å². The van der Waals surface area contributed by atoms with Crippen molar-refractivity contribution in [1.29, 1.82) is 0 Å². The molecule has 2 aromatic rings. The molecule has 0 amide bonds. The highest BCUT2D eigenvalue weighted by molar-refractivity contribution is 9.10. The van der Waals surface area contributed by atoms with Gasteiger partial charge in [0.1, 0.15) is 11.6 Å². The van der Waals surface area contributed by atoms with Gasteiger partial charge in [0, 0.05) is 21.8 Å². The lowest BCUT2D eigenvalue weighted by molar-refractivity contribution is 0.566. The fourth-order valence-corrected chi connectivity index (χ4v) is 2.51. The van der Waals surface area contributed by atoms with E-state index < -0.39 is 11.6 Å². The number of nitrogens with one attached hydrogen (secondary N) is 1. The lowest BCUT2D eigenvalue weighted by Gasteiger charge is -2.17. The zero-order chi connectivity index (χ0) is 14.0. The Morgan fingerprint density at radius 2 is 1.84 bits per heavy atom. The number of halogens is 3. The van der Waals surface area contributed by atoms with Gasteiger partial charge in [-0.25, -0.2) is 8.78 Å².